The number of carbonyl (C=O) groups excluding carboxylic acids is 1. The van der Waals surface area contributed by atoms with Crippen LogP contribution in [0.1, 0.15) is 26.7 Å². The van der Waals surface area contributed by atoms with Crippen LogP contribution in [0.25, 0.3) is 0 Å². The highest BCUT2D eigenvalue weighted by Gasteiger charge is 1.93. The largest absolute Gasteiger partial charge is 0.323 e. The molecule has 0 saturated carbocycles. The van der Waals surface area contributed by atoms with E-state index in [9.17, 15) is 4.79 Å². The van der Waals surface area contributed by atoms with Crippen molar-refractivity contribution in [1.29, 1.82) is 0 Å². The maximum absolute atomic E-state index is 10.6. The summed E-state index contributed by atoms with van der Waals surface area (Å²) in [5.74, 6) is 0.0763. The van der Waals surface area contributed by atoms with Crippen molar-refractivity contribution < 1.29 is 4.79 Å². The summed E-state index contributed by atoms with van der Waals surface area (Å²) in [7, 11) is 1.76. The molecular weight excluding hydrogens is 126 g/mol. The molecule has 0 heterocycles. The summed E-state index contributed by atoms with van der Waals surface area (Å²) in [5, 5.41) is 0. The molecule has 1 amide bonds. The van der Waals surface area contributed by atoms with Gasteiger partial charge in [-0.05, 0) is 6.42 Å². The van der Waals surface area contributed by atoms with Crippen LogP contribution in [0.3, 0.4) is 0 Å². The van der Waals surface area contributed by atoms with Crippen LogP contribution >= 0.6 is 0 Å². The second-order valence-corrected chi connectivity index (χ2v) is 2.30. The third-order valence-electron chi connectivity index (χ3n) is 1.28. The maximum atomic E-state index is 10.6. The van der Waals surface area contributed by atoms with Gasteiger partial charge < -0.3 is 4.90 Å². The number of nitrogens with zero attached hydrogens (tertiary/aromatic N) is 1. The molecule has 58 valence electrons. The van der Waals surface area contributed by atoms with Crippen LogP contribution < -0.4 is 0 Å². The second-order valence-electron chi connectivity index (χ2n) is 2.30. The van der Waals surface area contributed by atoms with Gasteiger partial charge in [0.1, 0.15) is 0 Å². The highest BCUT2D eigenvalue weighted by atomic mass is 16.2. The van der Waals surface area contributed by atoms with E-state index < -0.39 is 0 Å². The molecule has 0 saturated heterocycles. The SMILES string of the molecule is CCC/C=C\N(C)C(C)=O. The van der Waals surface area contributed by atoms with Crippen molar-refractivity contribution in [2.24, 2.45) is 0 Å². The summed E-state index contributed by atoms with van der Waals surface area (Å²) < 4.78 is 0. The van der Waals surface area contributed by atoms with Crippen LogP contribution in [0.5, 0.6) is 0 Å². The normalized spacial score (nSPS) is 10.3. The molecule has 0 aliphatic heterocycles. The lowest BCUT2D eigenvalue weighted by Crippen LogP contribution is -2.16. The Morgan fingerprint density at radius 1 is 1.60 bits per heavy atom. The van der Waals surface area contributed by atoms with Gasteiger partial charge in [-0.2, -0.15) is 0 Å². The lowest BCUT2D eigenvalue weighted by atomic mass is 10.3. The summed E-state index contributed by atoms with van der Waals surface area (Å²) >= 11 is 0. The average Bonchev–Trinajstić information content (AvgIpc) is 1.88. The molecule has 2 nitrogen and oxygen atoms in total. The molecule has 0 spiro atoms. The Hall–Kier alpha value is -0.790. The Labute approximate surface area is 62.5 Å². The van der Waals surface area contributed by atoms with E-state index in [4.69, 9.17) is 0 Å². The Balaban J connectivity index is 3.55. The smallest absolute Gasteiger partial charge is 0.223 e. The molecule has 10 heavy (non-hydrogen) atoms. The quantitative estimate of drug-likeness (QED) is 0.586. The third-order valence-corrected chi connectivity index (χ3v) is 1.28. The number of unbranched alkanes of at least 4 members (excludes halogenated alkanes) is 1. The molecule has 0 N–H and O–H groups in total. The molecule has 0 bridgehead atoms. The molecular formula is C8H15NO. The van der Waals surface area contributed by atoms with Crippen LogP contribution in [-0.4, -0.2) is 17.9 Å². The summed E-state index contributed by atoms with van der Waals surface area (Å²) in [6, 6.07) is 0. The van der Waals surface area contributed by atoms with E-state index in [-0.39, 0.29) is 5.91 Å². The van der Waals surface area contributed by atoms with Crippen LogP contribution in [0.2, 0.25) is 0 Å². The molecule has 0 rings (SSSR count). The van der Waals surface area contributed by atoms with Gasteiger partial charge in [-0.15, -0.1) is 0 Å². The first-order valence-electron chi connectivity index (χ1n) is 3.58. The number of hydrogen-bond acceptors (Lipinski definition) is 1. The molecule has 0 aliphatic rings. The second kappa shape index (κ2) is 5.03. The van der Waals surface area contributed by atoms with Gasteiger partial charge in [0, 0.05) is 20.2 Å². The zero-order chi connectivity index (χ0) is 7.98. The minimum Gasteiger partial charge on any atom is -0.323 e. The average molecular weight is 141 g/mol. The predicted octanol–water partition coefficient (Wildman–Crippen LogP) is 1.78. The van der Waals surface area contributed by atoms with Crippen LogP contribution in [-0.2, 0) is 4.79 Å². The first kappa shape index (κ1) is 9.21. The van der Waals surface area contributed by atoms with Gasteiger partial charge >= 0.3 is 0 Å². The van der Waals surface area contributed by atoms with E-state index >= 15 is 0 Å². The fraction of sp³-hybridized carbons (Fsp3) is 0.625. The van der Waals surface area contributed by atoms with E-state index in [1.807, 2.05) is 12.3 Å². The van der Waals surface area contributed by atoms with Crippen molar-refractivity contribution in [3.8, 4) is 0 Å². The van der Waals surface area contributed by atoms with Gasteiger partial charge in [0.25, 0.3) is 0 Å². The van der Waals surface area contributed by atoms with E-state index in [2.05, 4.69) is 6.92 Å². The number of allylic oxidation sites excluding steroid dienone is 1. The topological polar surface area (TPSA) is 20.3 Å². The molecule has 0 atom stereocenters. The van der Waals surface area contributed by atoms with Crippen molar-refractivity contribution in [2.75, 3.05) is 7.05 Å². The van der Waals surface area contributed by atoms with Crippen LogP contribution in [0.4, 0.5) is 0 Å². The van der Waals surface area contributed by atoms with E-state index in [0.717, 1.165) is 12.8 Å². The van der Waals surface area contributed by atoms with Gasteiger partial charge in [0.2, 0.25) is 5.91 Å². The standard InChI is InChI=1S/C8H15NO/c1-4-5-6-7-9(3)8(2)10/h6-7H,4-5H2,1-3H3/b7-6-. The maximum Gasteiger partial charge on any atom is 0.223 e. The molecule has 0 radical (unpaired) electrons. The van der Waals surface area contributed by atoms with E-state index in [0.29, 0.717) is 0 Å². The molecule has 0 aromatic carbocycles. The van der Waals surface area contributed by atoms with Gasteiger partial charge in [-0.25, -0.2) is 0 Å². The Morgan fingerprint density at radius 2 is 2.20 bits per heavy atom. The van der Waals surface area contributed by atoms with Crippen LogP contribution in [0.15, 0.2) is 12.3 Å². The summed E-state index contributed by atoms with van der Waals surface area (Å²) in [4.78, 5) is 12.2. The summed E-state index contributed by atoms with van der Waals surface area (Å²) in [6.07, 6.45) is 5.98. The van der Waals surface area contributed by atoms with Crippen molar-refractivity contribution in [3.05, 3.63) is 12.3 Å². The zero-order valence-electron chi connectivity index (χ0n) is 6.92. The van der Waals surface area contributed by atoms with Crippen molar-refractivity contribution in [1.82, 2.24) is 4.90 Å². The molecule has 0 aliphatic carbocycles. The fourth-order valence-corrected chi connectivity index (χ4v) is 0.504. The number of hydrogen-bond donors (Lipinski definition) is 0. The van der Waals surface area contributed by atoms with Gasteiger partial charge in [0.05, 0.1) is 0 Å². The Bertz CT molecular complexity index is 129. The molecule has 0 aromatic heterocycles. The lowest BCUT2D eigenvalue weighted by Gasteiger charge is -2.06. The van der Waals surface area contributed by atoms with Crippen molar-refractivity contribution in [3.63, 3.8) is 0 Å². The monoisotopic (exact) mass is 141 g/mol. The molecule has 0 unspecified atom stereocenters. The van der Waals surface area contributed by atoms with Crippen molar-refractivity contribution >= 4 is 5.91 Å². The Kier molecular flexibility index (Phi) is 4.63. The van der Waals surface area contributed by atoms with Gasteiger partial charge in [0.15, 0.2) is 0 Å². The van der Waals surface area contributed by atoms with E-state index in [1.165, 1.54) is 0 Å². The first-order valence-corrected chi connectivity index (χ1v) is 3.58. The fourth-order valence-electron chi connectivity index (χ4n) is 0.504. The van der Waals surface area contributed by atoms with E-state index in [1.54, 1.807) is 18.9 Å². The summed E-state index contributed by atoms with van der Waals surface area (Å²) in [6.45, 7) is 3.66. The summed E-state index contributed by atoms with van der Waals surface area (Å²) in [5.41, 5.74) is 0. The minimum atomic E-state index is 0.0763. The third kappa shape index (κ3) is 4.13. The number of rotatable bonds is 3. The minimum absolute atomic E-state index is 0.0763. The first-order chi connectivity index (χ1) is 4.68. The van der Waals surface area contributed by atoms with Gasteiger partial charge in [-0.3, -0.25) is 4.79 Å². The van der Waals surface area contributed by atoms with Crippen LogP contribution in [0, 0.1) is 0 Å². The number of carbonyl (C=O) groups is 1. The molecule has 0 aromatic rings. The zero-order valence-corrected chi connectivity index (χ0v) is 6.92. The molecule has 0 fully saturated rings. The predicted molar refractivity (Wildman–Crippen MR) is 42.5 cm³/mol. The molecule has 2 heteroatoms. The van der Waals surface area contributed by atoms with Crippen molar-refractivity contribution in [2.45, 2.75) is 26.7 Å². The van der Waals surface area contributed by atoms with Gasteiger partial charge in [-0.1, -0.05) is 19.4 Å². The highest BCUT2D eigenvalue weighted by molar-refractivity contribution is 5.73. The number of amides is 1. The lowest BCUT2D eigenvalue weighted by molar-refractivity contribution is -0.125. The highest BCUT2D eigenvalue weighted by Crippen LogP contribution is 1.91. The Morgan fingerprint density at radius 3 is 2.60 bits per heavy atom.